The number of phenols is 1. The molecule has 0 radical (unpaired) electrons. The monoisotopic (exact) mass is 1070 g/mol. The van der Waals surface area contributed by atoms with E-state index in [2.05, 4.69) is 49.8 Å². The van der Waals surface area contributed by atoms with Gasteiger partial charge < -0.3 is 68.3 Å². The fourth-order valence-corrected chi connectivity index (χ4v) is 8.46. The summed E-state index contributed by atoms with van der Waals surface area (Å²) >= 11 is 4.41. The minimum absolute atomic E-state index is 0.00674. The molecule has 0 fully saturated rings. The van der Waals surface area contributed by atoms with Crippen LogP contribution in [0.1, 0.15) is 97.3 Å². The van der Waals surface area contributed by atoms with Crippen LogP contribution in [-0.4, -0.2) is 151 Å². The molecular weight excluding hydrogens is 995 g/mol. The number of rotatable bonds is 29. The molecule has 2 aromatic rings. The summed E-state index contributed by atoms with van der Waals surface area (Å²) in [5.41, 5.74) is 7.62. The number of amides is 8. The quantitative estimate of drug-likeness (QED) is 0.0463. The maximum atomic E-state index is 14.7. The number of hydrogen-bond donors (Lipinski definition) is 13. The van der Waals surface area contributed by atoms with Crippen molar-refractivity contribution in [1.82, 2.24) is 42.1 Å². The summed E-state index contributed by atoms with van der Waals surface area (Å²) in [5.74, 6) is -10.8. The van der Waals surface area contributed by atoms with Gasteiger partial charge in [0.05, 0.1) is 19.1 Å². The van der Waals surface area contributed by atoms with Gasteiger partial charge in [0.1, 0.15) is 54.1 Å². The van der Waals surface area contributed by atoms with Crippen LogP contribution in [0.15, 0.2) is 48.5 Å². The molecule has 0 bridgehead atoms. The molecule has 0 aromatic heterocycles. The number of carboxylic acids is 2. The fraction of sp³-hybridized carbons (Fsp3) is 0.569. The first-order chi connectivity index (χ1) is 35.3. The van der Waals surface area contributed by atoms with Gasteiger partial charge in [0.2, 0.25) is 47.3 Å². The number of nitrogens with one attached hydrogen (secondary N) is 7. The van der Waals surface area contributed by atoms with Gasteiger partial charge in [-0.2, -0.15) is 12.6 Å². The number of carboxylic acid groups (broad SMARTS) is 2. The third kappa shape index (κ3) is 19.1. The largest absolute Gasteiger partial charge is 0.508 e. The fourth-order valence-electron chi connectivity index (χ4n) is 8.22. The topological polar surface area (TPSA) is 365 Å². The number of aliphatic carboxylic acids is 2. The second-order valence-corrected chi connectivity index (χ2v) is 20.1. The number of unbranched alkanes of at least 4 members (excludes halogenated alkanes) is 1. The molecule has 24 heteroatoms. The van der Waals surface area contributed by atoms with Crippen LogP contribution in [0.3, 0.4) is 0 Å². The van der Waals surface area contributed by atoms with E-state index in [1.807, 2.05) is 6.92 Å². The van der Waals surface area contributed by atoms with Gasteiger partial charge in [-0.3, -0.25) is 43.2 Å². The number of fused-ring (bicyclic) bond motifs is 1. The normalized spacial score (nSPS) is 16.4. The highest BCUT2D eigenvalue weighted by molar-refractivity contribution is 7.80. The van der Waals surface area contributed by atoms with Crippen LogP contribution in [0, 0.1) is 17.8 Å². The van der Waals surface area contributed by atoms with Crippen LogP contribution in [0.5, 0.6) is 5.75 Å². The van der Waals surface area contributed by atoms with Crippen molar-refractivity contribution in [2.24, 2.45) is 23.5 Å². The van der Waals surface area contributed by atoms with Crippen molar-refractivity contribution in [2.45, 2.75) is 154 Å². The Morgan fingerprint density at radius 2 is 1.19 bits per heavy atom. The van der Waals surface area contributed by atoms with Gasteiger partial charge in [-0.15, -0.1) is 0 Å². The predicted octanol–water partition coefficient (Wildman–Crippen LogP) is -0.361. The summed E-state index contributed by atoms with van der Waals surface area (Å²) in [6.07, 6.45) is 0.289. The Labute approximate surface area is 442 Å². The smallest absolute Gasteiger partial charge is 0.326 e. The molecule has 414 valence electrons. The number of aromatic hydroxyl groups is 1. The van der Waals surface area contributed by atoms with E-state index in [4.69, 9.17) is 10.8 Å². The lowest BCUT2D eigenvalue weighted by Crippen LogP contribution is -2.63. The third-order valence-corrected chi connectivity index (χ3v) is 12.8. The van der Waals surface area contributed by atoms with Gasteiger partial charge in [0, 0.05) is 25.1 Å². The van der Waals surface area contributed by atoms with Crippen molar-refractivity contribution in [2.75, 3.05) is 12.4 Å². The lowest BCUT2D eigenvalue weighted by molar-refractivity contribution is -0.145. The number of nitrogens with zero attached hydrogens (tertiary/aromatic N) is 1. The standard InChI is InChI=1S/C51H75N9O14S/c1-8-9-14-34(44(66)56-37(24-61)46(68)55-36(51(73)74)20-29-15-17-32(62)18-16-29)53-47(69)39-21-30-12-10-11-13-31(30)23-60(39)50(72)38(25-75)57-45(67)35(19-26(2)3)54-48(70)41(27(4)5)59-49(71)42(28(6)7)58-43(65)33(52)22-40(63)64/h10-13,15-18,26-28,33-39,41-42,61-62,75H,8-9,14,19-25,52H2,1-7H3,(H,53,69)(H,54,70)(H,55,68)(H,56,66)(H,57,67)(H,58,65)(H,59,71)(H,63,64)(H,73,74)/t33-,34-,35-,36-,37-,38-,39-,41-,42-/m0/s1. The highest BCUT2D eigenvalue weighted by Crippen LogP contribution is 2.25. The molecule has 0 saturated heterocycles. The van der Waals surface area contributed by atoms with Crippen molar-refractivity contribution in [1.29, 1.82) is 0 Å². The molecule has 2 aromatic carbocycles. The number of carbonyl (C=O) groups is 10. The molecule has 3 rings (SSSR count). The Hall–Kier alpha value is -6.79. The molecule has 1 aliphatic heterocycles. The van der Waals surface area contributed by atoms with Gasteiger partial charge in [0.25, 0.3) is 0 Å². The van der Waals surface area contributed by atoms with Crippen LogP contribution < -0.4 is 43.0 Å². The zero-order valence-electron chi connectivity index (χ0n) is 43.5. The average molecular weight is 1070 g/mol. The minimum Gasteiger partial charge on any atom is -0.508 e. The van der Waals surface area contributed by atoms with Gasteiger partial charge in [-0.05, 0) is 59.4 Å². The van der Waals surface area contributed by atoms with Gasteiger partial charge in [-0.1, -0.05) is 97.7 Å². The van der Waals surface area contributed by atoms with Crippen LogP contribution in [0.25, 0.3) is 0 Å². The number of aliphatic hydroxyl groups excluding tert-OH is 1. The molecule has 8 amide bonds. The van der Waals surface area contributed by atoms with E-state index in [0.717, 1.165) is 5.56 Å². The molecule has 0 aliphatic carbocycles. The number of thiol groups is 1. The molecule has 9 atom stereocenters. The van der Waals surface area contributed by atoms with Crippen LogP contribution >= 0.6 is 12.6 Å². The van der Waals surface area contributed by atoms with Crippen molar-refractivity contribution in [3.05, 3.63) is 65.2 Å². The molecule has 75 heavy (non-hydrogen) atoms. The summed E-state index contributed by atoms with van der Waals surface area (Å²) in [7, 11) is 0. The lowest BCUT2D eigenvalue weighted by Gasteiger charge is -2.38. The number of carbonyl (C=O) groups excluding carboxylic acids is 8. The van der Waals surface area contributed by atoms with E-state index in [-0.39, 0.29) is 49.6 Å². The van der Waals surface area contributed by atoms with Crippen LogP contribution in [0.4, 0.5) is 0 Å². The number of nitrogens with two attached hydrogens (primary N) is 1. The van der Waals surface area contributed by atoms with Crippen molar-refractivity contribution in [3.63, 3.8) is 0 Å². The second-order valence-electron chi connectivity index (χ2n) is 19.8. The molecule has 23 nitrogen and oxygen atoms in total. The minimum atomic E-state index is -1.63. The Morgan fingerprint density at radius 1 is 0.667 bits per heavy atom. The van der Waals surface area contributed by atoms with Crippen molar-refractivity contribution in [3.8, 4) is 5.75 Å². The number of aliphatic hydroxyl groups is 1. The molecule has 0 unspecified atom stereocenters. The second kappa shape index (κ2) is 29.9. The Kier molecular flexibility index (Phi) is 24.9. The maximum absolute atomic E-state index is 14.7. The lowest BCUT2D eigenvalue weighted by atomic mass is 9.92. The molecule has 1 aliphatic rings. The van der Waals surface area contributed by atoms with Crippen LogP contribution in [0.2, 0.25) is 0 Å². The first-order valence-electron chi connectivity index (χ1n) is 25.0. The first-order valence-corrected chi connectivity index (χ1v) is 25.6. The van der Waals surface area contributed by atoms with Crippen molar-refractivity contribution >= 4 is 71.8 Å². The van der Waals surface area contributed by atoms with E-state index < -0.39 is 138 Å². The summed E-state index contributed by atoms with van der Waals surface area (Å²) in [5, 5.41) is 56.7. The maximum Gasteiger partial charge on any atom is 0.326 e. The van der Waals surface area contributed by atoms with Gasteiger partial charge in [-0.25, -0.2) is 4.79 Å². The molecule has 1 heterocycles. The van der Waals surface area contributed by atoms with Crippen molar-refractivity contribution < 1.29 is 68.4 Å². The van der Waals surface area contributed by atoms with E-state index in [0.29, 0.717) is 24.0 Å². The van der Waals surface area contributed by atoms with Gasteiger partial charge in [0.15, 0.2) is 0 Å². The number of benzene rings is 2. The van der Waals surface area contributed by atoms with Gasteiger partial charge >= 0.3 is 11.9 Å². The highest BCUT2D eigenvalue weighted by atomic mass is 32.1. The first kappa shape index (κ1) is 62.5. The summed E-state index contributed by atoms with van der Waals surface area (Å²) in [6.45, 7) is 11.0. The SMILES string of the molecule is CCCC[C@H](NC(=O)[C@@H]1Cc2ccccc2CN1C(=O)[C@H](CS)NC(=O)[C@H](CC(C)C)NC(=O)[C@@H](NC(=O)[C@@H](NC(=O)[C@@H](N)CC(=O)O)C(C)C)C(C)C)C(=O)N[C@@H](CO)C(=O)N[C@@H](Cc1ccc(O)cc1)C(=O)O. The summed E-state index contributed by atoms with van der Waals surface area (Å²) in [4.78, 5) is 135. The van der Waals surface area contributed by atoms with E-state index in [9.17, 15) is 63.3 Å². The molecule has 0 saturated carbocycles. The zero-order valence-corrected chi connectivity index (χ0v) is 44.4. The van der Waals surface area contributed by atoms with E-state index in [1.54, 1.807) is 65.8 Å². The van der Waals surface area contributed by atoms with E-state index in [1.165, 1.54) is 29.2 Å². The number of hydrogen-bond acceptors (Lipinski definition) is 14. The summed E-state index contributed by atoms with van der Waals surface area (Å²) < 4.78 is 0. The average Bonchev–Trinajstić information content (AvgIpc) is 3.35. The van der Waals surface area contributed by atoms with Crippen LogP contribution in [-0.2, 0) is 67.3 Å². The Balaban J connectivity index is 1.85. The molecule has 13 N–H and O–H groups in total. The third-order valence-electron chi connectivity index (χ3n) is 12.5. The number of phenolic OH excluding ortho intramolecular Hbond substituents is 1. The highest BCUT2D eigenvalue weighted by Gasteiger charge is 2.41. The van der Waals surface area contributed by atoms with E-state index >= 15 is 0 Å². The predicted molar refractivity (Wildman–Crippen MR) is 277 cm³/mol. The zero-order chi connectivity index (χ0) is 56.3. The molecular formula is C51H75N9O14S. The Morgan fingerprint density at radius 3 is 1.72 bits per heavy atom. The summed E-state index contributed by atoms with van der Waals surface area (Å²) in [6, 6.07) is 0.596. The molecule has 0 spiro atoms. The Bertz CT molecular complexity index is 2330.